The number of imidazole rings is 1. The predicted octanol–water partition coefficient (Wildman–Crippen LogP) is 9.15. The Balaban J connectivity index is 1.53. The highest BCUT2D eigenvalue weighted by Gasteiger charge is 2.24. The first kappa shape index (κ1) is 25.3. The molecule has 1 aromatic heterocycles. The van der Waals surface area contributed by atoms with Gasteiger partial charge in [0.15, 0.2) is 0 Å². The molecule has 2 nitrogen and oxygen atoms in total. The van der Waals surface area contributed by atoms with E-state index in [4.69, 9.17) is 0 Å². The van der Waals surface area contributed by atoms with Crippen molar-refractivity contribution in [2.24, 2.45) is 0 Å². The molecule has 0 bridgehead atoms. The Kier molecular flexibility index (Phi) is 11.9. The molecule has 0 spiro atoms. The fraction of sp³-hybridized carbons (Fsp3) is 0.516. The van der Waals surface area contributed by atoms with Crippen LogP contribution in [0.25, 0.3) is 0 Å². The summed E-state index contributed by atoms with van der Waals surface area (Å²) in [5, 5.41) is 0. The van der Waals surface area contributed by atoms with Gasteiger partial charge in [0, 0.05) is 24.4 Å². The molecular formula is C31H44N2. The topological polar surface area (TPSA) is 17.8 Å². The molecular weight excluding hydrogens is 400 g/mol. The number of hydrogen-bond acceptors (Lipinski definition) is 1. The zero-order chi connectivity index (χ0) is 23.0. The van der Waals surface area contributed by atoms with Gasteiger partial charge in [0.2, 0.25) is 0 Å². The van der Waals surface area contributed by atoms with Gasteiger partial charge in [-0.15, -0.1) is 0 Å². The third-order valence-electron chi connectivity index (χ3n) is 7.00. The molecule has 0 radical (unpaired) electrons. The minimum Gasteiger partial charge on any atom is -0.334 e. The summed E-state index contributed by atoms with van der Waals surface area (Å²) < 4.78 is 2.36. The summed E-state index contributed by atoms with van der Waals surface area (Å²) in [5.41, 5.74) is 2.85. The SMILES string of the molecule is CCCCCCCCCCCCCC(C(Cc1ccccc1)c1ccccc1)n1ccnc1. The third-order valence-corrected chi connectivity index (χ3v) is 7.00. The van der Waals surface area contributed by atoms with Crippen LogP contribution < -0.4 is 0 Å². The zero-order valence-electron chi connectivity index (χ0n) is 20.7. The van der Waals surface area contributed by atoms with Crippen LogP contribution >= 0.6 is 0 Å². The Hall–Kier alpha value is -2.35. The van der Waals surface area contributed by atoms with Gasteiger partial charge in [-0.25, -0.2) is 4.98 Å². The van der Waals surface area contributed by atoms with Crippen molar-refractivity contribution in [3.63, 3.8) is 0 Å². The highest BCUT2D eigenvalue weighted by molar-refractivity contribution is 5.25. The zero-order valence-corrected chi connectivity index (χ0v) is 20.7. The van der Waals surface area contributed by atoms with Gasteiger partial charge in [-0.1, -0.05) is 138 Å². The average molecular weight is 445 g/mol. The predicted molar refractivity (Wildman–Crippen MR) is 142 cm³/mol. The Labute approximate surface area is 202 Å². The normalized spacial score (nSPS) is 13.1. The first-order chi connectivity index (χ1) is 16.4. The van der Waals surface area contributed by atoms with Crippen molar-refractivity contribution in [1.82, 2.24) is 9.55 Å². The Morgan fingerprint density at radius 1 is 0.697 bits per heavy atom. The molecule has 0 N–H and O–H groups in total. The van der Waals surface area contributed by atoms with E-state index in [1.54, 1.807) is 0 Å². The molecule has 0 amide bonds. The van der Waals surface area contributed by atoms with Crippen LogP contribution in [0.15, 0.2) is 79.4 Å². The molecule has 33 heavy (non-hydrogen) atoms. The summed E-state index contributed by atoms with van der Waals surface area (Å²) in [4.78, 5) is 4.39. The van der Waals surface area contributed by atoms with E-state index in [9.17, 15) is 0 Å². The molecule has 0 aliphatic rings. The molecule has 1 heterocycles. The van der Waals surface area contributed by atoms with Crippen molar-refractivity contribution in [1.29, 1.82) is 0 Å². The Bertz CT molecular complexity index is 826. The van der Waals surface area contributed by atoms with Crippen LogP contribution in [0.2, 0.25) is 0 Å². The molecule has 0 saturated heterocycles. The van der Waals surface area contributed by atoms with Crippen LogP contribution in [-0.4, -0.2) is 9.55 Å². The van der Waals surface area contributed by atoms with E-state index < -0.39 is 0 Å². The first-order valence-corrected chi connectivity index (χ1v) is 13.4. The van der Waals surface area contributed by atoms with Gasteiger partial charge in [0.1, 0.15) is 0 Å². The molecule has 178 valence electrons. The molecule has 2 atom stereocenters. The minimum absolute atomic E-state index is 0.439. The van der Waals surface area contributed by atoms with Gasteiger partial charge in [0.25, 0.3) is 0 Å². The van der Waals surface area contributed by atoms with Crippen molar-refractivity contribution in [2.75, 3.05) is 0 Å². The van der Waals surface area contributed by atoms with Gasteiger partial charge in [-0.3, -0.25) is 0 Å². The number of rotatable bonds is 17. The van der Waals surface area contributed by atoms with E-state index in [1.807, 2.05) is 12.5 Å². The van der Waals surface area contributed by atoms with Crippen LogP contribution in [0.5, 0.6) is 0 Å². The maximum Gasteiger partial charge on any atom is 0.0948 e. The molecule has 0 aliphatic heterocycles. The van der Waals surface area contributed by atoms with Crippen molar-refractivity contribution in [3.05, 3.63) is 90.5 Å². The second kappa shape index (κ2) is 15.5. The van der Waals surface area contributed by atoms with Crippen LogP contribution in [0.1, 0.15) is 107 Å². The molecule has 0 aliphatic carbocycles. The highest BCUT2D eigenvalue weighted by atomic mass is 15.1. The largest absolute Gasteiger partial charge is 0.334 e. The summed E-state index contributed by atoms with van der Waals surface area (Å²) >= 11 is 0. The Morgan fingerprint density at radius 3 is 1.85 bits per heavy atom. The van der Waals surface area contributed by atoms with E-state index >= 15 is 0 Å². The lowest BCUT2D eigenvalue weighted by Crippen LogP contribution is -2.19. The molecule has 2 aromatic carbocycles. The number of unbranched alkanes of at least 4 members (excludes halogenated alkanes) is 10. The van der Waals surface area contributed by atoms with Crippen LogP contribution in [0.3, 0.4) is 0 Å². The fourth-order valence-electron chi connectivity index (χ4n) is 5.09. The van der Waals surface area contributed by atoms with E-state index in [1.165, 1.54) is 88.2 Å². The molecule has 3 rings (SSSR count). The molecule has 0 saturated carbocycles. The second-order valence-corrected chi connectivity index (χ2v) is 9.61. The van der Waals surface area contributed by atoms with Gasteiger partial charge < -0.3 is 4.57 Å². The standard InChI is InChI=1S/C31H44N2/c1-2-3-4-5-6-7-8-9-10-11-18-23-31(33-25-24-32-27-33)30(29-21-16-13-17-22-29)26-28-19-14-12-15-20-28/h12-17,19-22,24-25,27,30-31H,2-11,18,23,26H2,1H3. The quantitative estimate of drug-likeness (QED) is 0.190. The third kappa shape index (κ3) is 9.20. The average Bonchev–Trinajstić information content (AvgIpc) is 3.40. The second-order valence-electron chi connectivity index (χ2n) is 9.61. The van der Waals surface area contributed by atoms with Gasteiger partial charge in [0.05, 0.1) is 6.33 Å². The summed E-state index contributed by atoms with van der Waals surface area (Å²) in [7, 11) is 0. The van der Waals surface area contributed by atoms with Crippen LogP contribution in [0.4, 0.5) is 0 Å². The molecule has 3 aromatic rings. The van der Waals surface area contributed by atoms with E-state index in [2.05, 4.69) is 83.3 Å². The lowest BCUT2D eigenvalue weighted by Gasteiger charge is -2.29. The van der Waals surface area contributed by atoms with Crippen molar-refractivity contribution >= 4 is 0 Å². The van der Waals surface area contributed by atoms with E-state index in [-0.39, 0.29) is 0 Å². The smallest absolute Gasteiger partial charge is 0.0948 e. The minimum atomic E-state index is 0.439. The maximum absolute atomic E-state index is 4.39. The van der Waals surface area contributed by atoms with Crippen molar-refractivity contribution < 1.29 is 0 Å². The van der Waals surface area contributed by atoms with Crippen molar-refractivity contribution in [2.45, 2.75) is 102 Å². The summed E-state index contributed by atoms with van der Waals surface area (Å²) in [6.45, 7) is 2.29. The molecule has 0 fully saturated rings. The van der Waals surface area contributed by atoms with Crippen molar-refractivity contribution in [3.8, 4) is 0 Å². The van der Waals surface area contributed by atoms with Crippen LogP contribution in [0, 0.1) is 0 Å². The number of benzene rings is 2. The summed E-state index contributed by atoms with van der Waals surface area (Å²) in [6.07, 6.45) is 23.7. The lowest BCUT2D eigenvalue weighted by molar-refractivity contribution is 0.366. The van der Waals surface area contributed by atoms with E-state index in [0.29, 0.717) is 12.0 Å². The summed E-state index contributed by atoms with van der Waals surface area (Å²) in [5.74, 6) is 0.450. The van der Waals surface area contributed by atoms with Crippen LogP contribution in [-0.2, 0) is 6.42 Å². The van der Waals surface area contributed by atoms with E-state index in [0.717, 1.165) is 6.42 Å². The molecule has 2 heteroatoms. The van der Waals surface area contributed by atoms with Gasteiger partial charge >= 0.3 is 0 Å². The lowest BCUT2D eigenvalue weighted by atomic mass is 9.83. The Morgan fingerprint density at radius 2 is 1.27 bits per heavy atom. The monoisotopic (exact) mass is 444 g/mol. The maximum atomic E-state index is 4.39. The number of aromatic nitrogens is 2. The fourth-order valence-corrected chi connectivity index (χ4v) is 5.09. The first-order valence-electron chi connectivity index (χ1n) is 13.4. The number of hydrogen-bond donors (Lipinski definition) is 0. The molecule has 2 unspecified atom stereocenters. The highest BCUT2D eigenvalue weighted by Crippen LogP contribution is 2.36. The van der Waals surface area contributed by atoms with Gasteiger partial charge in [-0.2, -0.15) is 0 Å². The number of nitrogens with zero attached hydrogens (tertiary/aromatic N) is 2. The summed E-state index contributed by atoms with van der Waals surface area (Å²) in [6, 6.07) is 22.5. The van der Waals surface area contributed by atoms with Gasteiger partial charge in [-0.05, 0) is 24.0 Å².